The fraction of sp³-hybridized carbons (Fsp3) is 1.00. The second-order valence-electron chi connectivity index (χ2n) is 3.96. The van der Waals surface area contributed by atoms with Crippen LogP contribution in [0, 0.1) is 0 Å². The highest BCUT2D eigenvalue weighted by Gasteiger charge is 2.46. The van der Waals surface area contributed by atoms with Gasteiger partial charge in [-0.05, 0) is 40.8 Å². The zero-order chi connectivity index (χ0) is 8.48. The third-order valence-corrected chi connectivity index (χ3v) is 2.86. The van der Waals surface area contributed by atoms with Gasteiger partial charge in [-0.3, -0.25) is 4.90 Å². The molecular formula is C9H22N2. The van der Waals surface area contributed by atoms with Crippen LogP contribution in [0.5, 0.6) is 0 Å². The van der Waals surface area contributed by atoms with Crippen LogP contribution in [-0.4, -0.2) is 37.1 Å². The van der Waals surface area contributed by atoms with Crippen LogP contribution in [0.25, 0.3) is 0 Å². The monoisotopic (exact) mass is 158 g/mol. The molecule has 0 amide bonds. The zero-order valence-electron chi connectivity index (χ0n) is 8.15. The molecule has 0 aromatic heterocycles. The lowest BCUT2D eigenvalue weighted by molar-refractivity contribution is 0.174. The fourth-order valence-corrected chi connectivity index (χ4v) is 1.68. The van der Waals surface area contributed by atoms with Crippen LogP contribution in [0.2, 0.25) is 0 Å². The summed E-state index contributed by atoms with van der Waals surface area (Å²) >= 11 is 0. The summed E-state index contributed by atoms with van der Waals surface area (Å²) in [6, 6.07) is 0.672. The lowest BCUT2D eigenvalue weighted by Gasteiger charge is -2.31. The molecule has 0 radical (unpaired) electrons. The summed E-state index contributed by atoms with van der Waals surface area (Å²) < 4.78 is 0. The van der Waals surface area contributed by atoms with Crippen LogP contribution in [0.4, 0.5) is 0 Å². The summed E-state index contributed by atoms with van der Waals surface area (Å²) in [4.78, 5) is 2.49. The molecule has 2 heteroatoms. The molecule has 1 fully saturated rings. The van der Waals surface area contributed by atoms with E-state index in [1.54, 1.807) is 0 Å². The van der Waals surface area contributed by atoms with Crippen molar-refractivity contribution in [2.24, 2.45) is 0 Å². The summed E-state index contributed by atoms with van der Waals surface area (Å²) in [7, 11) is 4.27. The van der Waals surface area contributed by atoms with Gasteiger partial charge in [0.1, 0.15) is 0 Å². The highest BCUT2D eigenvalue weighted by atomic mass is 15.2. The maximum Gasteiger partial charge on any atom is 0.0334 e. The van der Waals surface area contributed by atoms with Crippen LogP contribution in [-0.2, 0) is 0 Å². The standard InChI is InChI=1S/C9H20N2.H2/c1-8(2)11(4)9(5-6-9)7-10-3;/h8,10H,5-7H2,1-4H3;1H. The summed E-state index contributed by atoms with van der Waals surface area (Å²) in [5.41, 5.74) is 0.503. The van der Waals surface area contributed by atoms with Crippen molar-refractivity contribution >= 4 is 0 Å². The quantitative estimate of drug-likeness (QED) is 0.664. The van der Waals surface area contributed by atoms with Gasteiger partial charge in [0.05, 0.1) is 0 Å². The Labute approximate surface area is 71.4 Å². The number of hydrogen-bond acceptors (Lipinski definition) is 2. The van der Waals surface area contributed by atoms with E-state index in [1.165, 1.54) is 12.8 Å². The minimum Gasteiger partial charge on any atom is -0.318 e. The second-order valence-corrected chi connectivity index (χ2v) is 3.96. The molecule has 0 saturated heterocycles. The van der Waals surface area contributed by atoms with Gasteiger partial charge < -0.3 is 5.32 Å². The summed E-state index contributed by atoms with van der Waals surface area (Å²) in [5.74, 6) is 0. The van der Waals surface area contributed by atoms with Crippen LogP contribution in [0.15, 0.2) is 0 Å². The van der Waals surface area contributed by atoms with Gasteiger partial charge in [-0.1, -0.05) is 0 Å². The van der Waals surface area contributed by atoms with E-state index < -0.39 is 0 Å². The molecule has 0 aliphatic heterocycles. The third kappa shape index (κ3) is 1.74. The van der Waals surface area contributed by atoms with Crippen LogP contribution in [0.3, 0.4) is 0 Å². The molecule has 0 atom stereocenters. The maximum atomic E-state index is 3.26. The molecule has 2 nitrogen and oxygen atoms in total. The lowest BCUT2D eigenvalue weighted by Crippen LogP contribution is -2.44. The fourth-order valence-electron chi connectivity index (χ4n) is 1.68. The van der Waals surface area contributed by atoms with E-state index in [4.69, 9.17) is 0 Å². The number of hydrogen-bond donors (Lipinski definition) is 1. The van der Waals surface area contributed by atoms with E-state index in [0.717, 1.165) is 6.54 Å². The molecule has 11 heavy (non-hydrogen) atoms. The molecule has 1 aliphatic rings. The number of nitrogens with one attached hydrogen (secondary N) is 1. The molecule has 1 aliphatic carbocycles. The average Bonchev–Trinajstić information content (AvgIpc) is 2.69. The van der Waals surface area contributed by atoms with E-state index >= 15 is 0 Å². The van der Waals surface area contributed by atoms with Crippen molar-refractivity contribution in [3.8, 4) is 0 Å². The van der Waals surface area contributed by atoms with E-state index in [9.17, 15) is 0 Å². The van der Waals surface area contributed by atoms with E-state index in [-0.39, 0.29) is 1.43 Å². The van der Waals surface area contributed by atoms with Crippen molar-refractivity contribution in [3.05, 3.63) is 0 Å². The van der Waals surface area contributed by atoms with Gasteiger partial charge in [-0.2, -0.15) is 0 Å². The Balaban J connectivity index is 0.00000121. The smallest absolute Gasteiger partial charge is 0.0334 e. The summed E-state index contributed by atoms with van der Waals surface area (Å²) in [6.45, 7) is 5.66. The van der Waals surface area contributed by atoms with Crippen molar-refractivity contribution in [1.29, 1.82) is 0 Å². The van der Waals surface area contributed by atoms with Gasteiger partial charge in [-0.25, -0.2) is 0 Å². The Hall–Kier alpha value is -0.0800. The highest BCUT2D eigenvalue weighted by Crippen LogP contribution is 2.41. The first-order valence-corrected chi connectivity index (χ1v) is 4.50. The normalized spacial score (nSPS) is 21.3. The third-order valence-electron chi connectivity index (χ3n) is 2.86. The molecule has 68 valence electrons. The number of likely N-dealkylation sites (N-methyl/N-ethyl adjacent to an activating group) is 2. The van der Waals surface area contributed by atoms with Crippen molar-refractivity contribution in [3.63, 3.8) is 0 Å². The minimum atomic E-state index is 0. The molecule has 0 aromatic rings. The first kappa shape index (κ1) is 9.01. The molecule has 1 N–H and O–H groups in total. The molecule has 0 spiro atoms. The number of rotatable bonds is 4. The molecule has 0 bridgehead atoms. The Morgan fingerprint density at radius 2 is 2.09 bits per heavy atom. The summed E-state index contributed by atoms with van der Waals surface area (Å²) in [5, 5.41) is 3.26. The predicted octanol–water partition coefficient (Wildman–Crippen LogP) is 1.32. The predicted molar refractivity (Wildman–Crippen MR) is 50.9 cm³/mol. The maximum absolute atomic E-state index is 3.26. The van der Waals surface area contributed by atoms with Gasteiger partial charge in [0, 0.05) is 19.6 Å². The first-order chi connectivity index (χ1) is 5.12. The molecule has 0 unspecified atom stereocenters. The van der Waals surface area contributed by atoms with E-state index in [0.29, 0.717) is 11.6 Å². The van der Waals surface area contributed by atoms with Gasteiger partial charge >= 0.3 is 0 Å². The Morgan fingerprint density at radius 3 is 2.36 bits per heavy atom. The number of nitrogens with zero attached hydrogens (tertiary/aromatic N) is 1. The van der Waals surface area contributed by atoms with Crippen molar-refractivity contribution in [2.75, 3.05) is 20.6 Å². The molecule has 0 heterocycles. The van der Waals surface area contributed by atoms with E-state index in [2.05, 4.69) is 31.1 Å². The molecule has 1 rings (SSSR count). The second kappa shape index (κ2) is 3.11. The summed E-state index contributed by atoms with van der Waals surface area (Å²) in [6.07, 6.45) is 2.73. The lowest BCUT2D eigenvalue weighted by atomic mass is 10.2. The van der Waals surface area contributed by atoms with Crippen LogP contribution >= 0.6 is 0 Å². The Bertz CT molecular complexity index is 132. The largest absolute Gasteiger partial charge is 0.318 e. The minimum absolute atomic E-state index is 0. The SMILES string of the molecule is CNCC1(N(C)C(C)C)CC1.[HH]. The van der Waals surface area contributed by atoms with Crippen molar-refractivity contribution in [1.82, 2.24) is 10.2 Å². The van der Waals surface area contributed by atoms with Crippen LogP contribution in [0.1, 0.15) is 28.1 Å². The molecule has 0 aromatic carbocycles. The van der Waals surface area contributed by atoms with Gasteiger partial charge in [0.25, 0.3) is 0 Å². The van der Waals surface area contributed by atoms with Gasteiger partial charge in [0.2, 0.25) is 0 Å². The van der Waals surface area contributed by atoms with Gasteiger partial charge in [-0.15, -0.1) is 0 Å². The first-order valence-electron chi connectivity index (χ1n) is 4.50. The Kier molecular flexibility index (Phi) is 2.55. The average molecular weight is 158 g/mol. The van der Waals surface area contributed by atoms with Crippen molar-refractivity contribution in [2.45, 2.75) is 38.3 Å². The van der Waals surface area contributed by atoms with Gasteiger partial charge in [0.15, 0.2) is 0 Å². The Morgan fingerprint density at radius 1 is 1.55 bits per heavy atom. The molecular weight excluding hydrogens is 136 g/mol. The zero-order valence-corrected chi connectivity index (χ0v) is 8.15. The van der Waals surface area contributed by atoms with E-state index in [1.807, 2.05) is 7.05 Å². The molecule has 1 saturated carbocycles. The highest BCUT2D eigenvalue weighted by molar-refractivity contribution is 5.04. The van der Waals surface area contributed by atoms with Crippen LogP contribution < -0.4 is 5.32 Å². The topological polar surface area (TPSA) is 15.3 Å². The van der Waals surface area contributed by atoms with Crippen molar-refractivity contribution < 1.29 is 1.43 Å².